The lowest BCUT2D eigenvalue weighted by molar-refractivity contribution is 0.0949. The third kappa shape index (κ3) is 3.28. The molecule has 0 spiro atoms. The van der Waals surface area contributed by atoms with Crippen LogP contribution in [0.2, 0.25) is 5.15 Å². The highest BCUT2D eigenvalue weighted by atomic mass is 35.5. The van der Waals surface area contributed by atoms with Gasteiger partial charge in [0.05, 0.1) is 6.21 Å². The van der Waals surface area contributed by atoms with E-state index in [1.807, 2.05) is 24.3 Å². The fraction of sp³-hybridized carbons (Fsp3) is 0.188. The maximum absolute atomic E-state index is 12.4. The first-order chi connectivity index (χ1) is 11.1. The number of aromatic amines is 1. The summed E-state index contributed by atoms with van der Waals surface area (Å²) in [5.74, 6) is -0.0579. The Morgan fingerprint density at radius 1 is 1.43 bits per heavy atom. The molecule has 2 N–H and O–H groups in total. The Morgan fingerprint density at radius 2 is 2.22 bits per heavy atom. The number of nitrogens with one attached hydrogen (secondary N) is 2. The molecule has 1 aromatic carbocycles. The van der Waals surface area contributed by atoms with Crippen LogP contribution in [0.3, 0.4) is 0 Å². The summed E-state index contributed by atoms with van der Waals surface area (Å²) < 4.78 is 0. The van der Waals surface area contributed by atoms with Crippen LogP contribution in [-0.4, -0.2) is 22.1 Å². The minimum absolute atomic E-state index is 0.216. The second kappa shape index (κ2) is 6.52. The van der Waals surface area contributed by atoms with Crippen LogP contribution in [0.5, 0.6) is 0 Å². The number of hydrazone groups is 1. The molecule has 0 fully saturated rings. The Bertz CT molecular complexity index is 881. The number of hydrogen-bond acceptors (Lipinski definition) is 4. The van der Waals surface area contributed by atoms with Crippen LogP contribution in [0.15, 0.2) is 34.7 Å². The highest BCUT2D eigenvalue weighted by molar-refractivity contribution is 7.11. The van der Waals surface area contributed by atoms with Crippen molar-refractivity contribution in [2.24, 2.45) is 5.10 Å². The first-order valence-corrected chi connectivity index (χ1v) is 8.37. The molecule has 3 rings (SSSR count). The van der Waals surface area contributed by atoms with Crippen LogP contribution in [0.25, 0.3) is 10.9 Å². The van der Waals surface area contributed by atoms with Crippen LogP contribution in [-0.2, 0) is 0 Å². The predicted octanol–water partition coefficient (Wildman–Crippen LogP) is 4.17. The van der Waals surface area contributed by atoms with Gasteiger partial charge >= 0.3 is 0 Å². The van der Waals surface area contributed by atoms with Gasteiger partial charge in [0.1, 0.15) is 15.9 Å². The topological polar surface area (TPSA) is 70.1 Å². The van der Waals surface area contributed by atoms with Crippen LogP contribution < -0.4 is 5.43 Å². The van der Waals surface area contributed by atoms with E-state index in [0.29, 0.717) is 15.9 Å². The summed E-state index contributed by atoms with van der Waals surface area (Å²) in [4.78, 5) is 19.7. The molecule has 1 amide bonds. The minimum Gasteiger partial charge on any atom is -0.350 e. The fourth-order valence-corrected chi connectivity index (χ4v) is 3.28. The number of nitrogens with zero attached hydrogens (tertiary/aromatic N) is 2. The van der Waals surface area contributed by atoms with E-state index in [-0.39, 0.29) is 11.8 Å². The highest BCUT2D eigenvalue weighted by Crippen LogP contribution is 2.29. The molecule has 0 aliphatic heterocycles. The molecule has 118 valence electrons. The van der Waals surface area contributed by atoms with Gasteiger partial charge in [0.15, 0.2) is 0 Å². The van der Waals surface area contributed by atoms with Gasteiger partial charge in [0, 0.05) is 16.3 Å². The second-order valence-corrected chi connectivity index (χ2v) is 6.60. The summed E-state index contributed by atoms with van der Waals surface area (Å²) in [6, 6.07) is 7.88. The lowest BCUT2D eigenvalue weighted by atomic mass is 9.99. The Kier molecular flexibility index (Phi) is 4.45. The smallest absolute Gasteiger partial charge is 0.288 e. The number of aromatic nitrogens is 2. The van der Waals surface area contributed by atoms with Crippen molar-refractivity contribution in [1.29, 1.82) is 0 Å². The third-order valence-electron chi connectivity index (χ3n) is 3.39. The molecule has 0 saturated heterocycles. The lowest BCUT2D eigenvalue weighted by Gasteiger charge is -2.06. The molecule has 0 atom stereocenters. The lowest BCUT2D eigenvalue weighted by Crippen LogP contribution is -2.19. The molecule has 0 saturated carbocycles. The summed E-state index contributed by atoms with van der Waals surface area (Å²) in [6.07, 6.45) is 1.48. The van der Waals surface area contributed by atoms with Crippen LogP contribution in [0.4, 0.5) is 0 Å². The molecular formula is C16H15ClN4OS. The van der Waals surface area contributed by atoms with E-state index >= 15 is 0 Å². The largest absolute Gasteiger partial charge is 0.350 e. The van der Waals surface area contributed by atoms with Crippen molar-refractivity contribution in [3.63, 3.8) is 0 Å². The molecule has 0 bridgehead atoms. The monoisotopic (exact) mass is 346 g/mol. The number of fused-ring (bicyclic) bond motifs is 1. The normalized spacial score (nSPS) is 11.7. The number of hydrogen-bond donors (Lipinski definition) is 2. The van der Waals surface area contributed by atoms with Crippen molar-refractivity contribution in [2.75, 3.05) is 0 Å². The highest BCUT2D eigenvalue weighted by Gasteiger charge is 2.19. The van der Waals surface area contributed by atoms with E-state index in [0.717, 1.165) is 16.5 Å². The average molecular weight is 347 g/mol. The third-order valence-corrected chi connectivity index (χ3v) is 4.49. The van der Waals surface area contributed by atoms with Gasteiger partial charge in [-0.05, 0) is 17.5 Å². The summed E-state index contributed by atoms with van der Waals surface area (Å²) in [5.41, 5.74) is 5.01. The number of carbonyl (C=O) groups excluding carboxylic acids is 1. The van der Waals surface area contributed by atoms with E-state index in [1.54, 1.807) is 5.38 Å². The number of benzene rings is 1. The van der Waals surface area contributed by atoms with Crippen LogP contribution >= 0.6 is 22.9 Å². The number of para-hydroxylation sites is 1. The summed E-state index contributed by atoms with van der Waals surface area (Å²) in [5, 5.41) is 7.77. The van der Waals surface area contributed by atoms with Crippen LogP contribution in [0.1, 0.15) is 40.8 Å². The molecule has 5 nitrogen and oxygen atoms in total. The van der Waals surface area contributed by atoms with Crippen molar-refractivity contribution in [3.8, 4) is 0 Å². The molecule has 0 unspecified atom stereocenters. The number of carbonyl (C=O) groups is 1. The number of thiazole rings is 1. The maximum Gasteiger partial charge on any atom is 0.288 e. The van der Waals surface area contributed by atoms with E-state index < -0.39 is 0 Å². The van der Waals surface area contributed by atoms with E-state index in [9.17, 15) is 4.79 Å². The Hall–Kier alpha value is -2.18. The van der Waals surface area contributed by atoms with Crippen molar-refractivity contribution >= 4 is 46.0 Å². The Labute approximate surface area is 142 Å². The van der Waals surface area contributed by atoms with Gasteiger partial charge in [-0.1, -0.05) is 43.6 Å². The van der Waals surface area contributed by atoms with Gasteiger partial charge in [-0.15, -0.1) is 11.3 Å². The molecule has 2 aromatic heterocycles. The molecule has 0 aliphatic rings. The molecular weight excluding hydrogens is 332 g/mol. The predicted molar refractivity (Wildman–Crippen MR) is 94.6 cm³/mol. The van der Waals surface area contributed by atoms with Gasteiger partial charge in [-0.2, -0.15) is 5.10 Å². The molecule has 23 heavy (non-hydrogen) atoms. The van der Waals surface area contributed by atoms with E-state index in [2.05, 4.69) is 34.3 Å². The number of halogens is 1. The van der Waals surface area contributed by atoms with Crippen molar-refractivity contribution in [2.45, 2.75) is 19.8 Å². The zero-order valence-corrected chi connectivity index (χ0v) is 14.2. The molecule has 2 heterocycles. The van der Waals surface area contributed by atoms with Crippen molar-refractivity contribution in [3.05, 3.63) is 51.1 Å². The number of rotatable bonds is 4. The average Bonchev–Trinajstić information content (AvgIpc) is 3.10. The maximum atomic E-state index is 12.4. The summed E-state index contributed by atoms with van der Waals surface area (Å²) >= 11 is 7.10. The first-order valence-electron chi connectivity index (χ1n) is 7.11. The van der Waals surface area contributed by atoms with E-state index in [4.69, 9.17) is 11.6 Å². The van der Waals surface area contributed by atoms with Gasteiger partial charge in [-0.3, -0.25) is 4.79 Å². The molecule has 0 aliphatic carbocycles. The Balaban J connectivity index is 1.86. The van der Waals surface area contributed by atoms with Gasteiger partial charge in [0.25, 0.3) is 5.91 Å². The van der Waals surface area contributed by atoms with Gasteiger partial charge in [-0.25, -0.2) is 10.4 Å². The van der Waals surface area contributed by atoms with E-state index in [1.165, 1.54) is 17.6 Å². The molecule has 3 aromatic rings. The first kappa shape index (κ1) is 15.7. The molecule has 7 heteroatoms. The SMILES string of the molecule is CC(C)c1c(C(=O)N/N=C\c2nc(Cl)cs2)[nH]c2ccccc12. The fourth-order valence-electron chi connectivity index (χ4n) is 2.47. The quantitative estimate of drug-likeness (QED) is 0.550. The van der Waals surface area contributed by atoms with Crippen molar-refractivity contribution < 1.29 is 4.79 Å². The molecule has 0 radical (unpaired) electrons. The van der Waals surface area contributed by atoms with Crippen LogP contribution in [0, 0.1) is 0 Å². The standard InChI is InChI=1S/C16H15ClN4OS/c1-9(2)14-10-5-3-4-6-11(10)19-15(14)16(22)21-18-7-13-20-12(17)8-23-13/h3-9,19H,1-2H3,(H,21,22)/b18-7-. The van der Waals surface area contributed by atoms with Crippen molar-refractivity contribution in [1.82, 2.24) is 15.4 Å². The number of H-pyrrole nitrogens is 1. The number of amides is 1. The zero-order chi connectivity index (χ0) is 16.4. The van der Waals surface area contributed by atoms with Gasteiger partial charge in [0.2, 0.25) is 0 Å². The Morgan fingerprint density at radius 3 is 2.91 bits per heavy atom. The minimum atomic E-state index is -0.274. The zero-order valence-electron chi connectivity index (χ0n) is 12.6. The summed E-state index contributed by atoms with van der Waals surface area (Å²) in [6.45, 7) is 4.13. The summed E-state index contributed by atoms with van der Waals surface area (Å²) in [7, 11) is 0. The van der Waals surface area contributed by atoms with Gasteiger partial charge < -0.3 is 4.98 Å². The second-order valence-electron chi connectivity index (χ2n) is 5.32.